The van der Waals surface area contributed by atoms with E-state index >= 15 is 0 Å². The van der Waals surface area contributed by atoms with Gasteiger partial charge in [-0.1, -0.05) is 37.8 Å². The van der Waals surface area contributed by atoms with Crippen molar-refractivity contribution in [3.63, 3.8) is 0 Å². The van der Waals surface area contributed by atoms with Crippen LogP contribution in [-0.4, -0.2) is 50.7 Å². The number of carbonyl (C=O) groups is 1. The van der Waals surface area contributed by atoms with Gasteiger partial charge in [0.05, 0.1) is 11.4 Å². The Hall–Kier alpha value is -2.64. The average Bonchev–Trinajstić information content (AvgIpc) is 3.32. The van der Waals surface area contributed by atoms with Crippen LogP contribution in [-0.2, 0) is 24.8 Å². The molecule has 0 radical (unpaired) electrons. The Morgan fingerprint density at radius 3 is 2.71 bits per heavy atom. The van der Waals surface area contributed by atoms with Crippen LogP contribution in [0.1, 0.15) is 76.1 Å². The van der Waals surface area contributed by atoms with Crippen molar-refractivity contribution in [3.8, 4) is 17.1 Å². The molecule has 8 nitrogen and oxygen atoms in total. The van der Waals surface area contributed by atoms with Crippen LogP contribution >= 0.6 is 0 Å². The molecule has 3 fully saturated rings. The van der Waals surface area contributed by atoms with Crippen molar-refractivity contribution in [2.75, 3.05) is 13.6 Å². The summed E-state index contributed by atoms with van der Waals surface area (Å²) in [6.45, 7) is 2.96. The minimum Gasteiger partial charge on any atom is -0.488 e. The highest BCUT2D eigenvalue weighted by Gasteiger charge is 2.56. The first-order valence-electron chi connectivity index (χ1n) is 12.9. The number of aryl methyl sites for hydroxylation is 2. The first-order chi connectivity index (χ1) is 16.5. The highest BCUT2D eigenvalue weighted by atomic mass is 16.6. The fourth-order valence-electron chi connectivity index (χ4n) is 5.51. The molecule has 0 saturated heterocycles. The van der Waals surface area contributed by atoms with Crippen molar-refractivity contribution in [3.05, 3.63) is 23.5 Å². The fourth-order valence-corrected chi connectivity index (χ4v) is 5.51. The van der Waals surface area contributed by atoms with Crippen molar-refractivity contribution in [1.29, 1.82) is 0 Å². The summed E-state index contributed by atoms with van der Waals surface area (Å²) in [5.74, 6) is 1.49. The highest BCUT2D eigenvalue weighted by Crippen LogP contribution is 2.58. The van der Waals surface area contributed by atoms with Crippen molar-refractivity contribution in [2.24, 2.45) is 18.4 Å². The van der Waals surface area contributed by atoms with Gasteiger partial charge in [-0.05, 0) is 56.6 Å². The second-order valence-electron chi connectivity index (χ2n) is 10.5. The van der Waals surface area contributed by atoms with Gasteiger partial charge in [-0.25, -0.2) is 14.5 Å². The summed E-state index contributed by atoms with van der Waals surface area (Å²) in [6, 6.07) is 3.97. The average molecular weight is 468 g/mol. The molecule has 0 bridgehead atoms. The smallest absolute Gasteiger partial charge is 0.409 e. The van der Waals surface area contributed by atoms with Gasteiger partial charge in [0, 0.05) is 26.1 Å². The van der Waals surface area contributed by atoms with Crippen LogP contribution in [0.2, 0.25) is 0 Å². The molecular weight excluding hydrogens is 430 g/mol. The summed E-state index contributed by atoms with van der Waals surface area (Å²) in [7, 11) is 3.61. The number of hydrogen-bond acceptors (Lipinski definition) is 6. The van der Waals surface area contributed by atoms with E-state index in [0.717, 1.165) is 35.8 Å². The molecule has 0 aromatic carbocycles. The number of ether oxygens (including phenoxy) is 2. The Morgan fingerprint density at radius 2 is 2.00 bits per heavy atom. The van der Waals surface area contributed by atoms with Crippen LogP contribution in [0.25, 0.3) is 11.4 Å². The number of carbonyl (C=O) groups excluding carboxylic acids is 1. The summed E-state index contributed by atoms with van der Waals surface area (Å²) in [6.07, 6.45) is 12.2. The Bertz CT molecular complexity index is 1030. The van der Waals surface area contributed by atoms with E-state index in [2.05, 4.69) is 17.2 Å². The molecule has 1 atom stereocenters. The maximum absolute atomic E-state index is 12.5. The lowest BCUT2D eigenvalue weighted by atomic mass is 9.85. The SMILES string of the molecule is CCc1nc(-c2nnn(C)c2COC(=O)N(C)CC2CCC2)ccc1O[C@H]1CC12CCCCC2. The van der Waals surface area contributed by atoms with Gasteiger partial charge in [0.25, 0.3) is 0 Å². The second kappa shape index (κ2) is 9.55. The minimum atomic E-state index is -0.314. The van der Waals surface area contributed by atoms with Gasteiger partial charge in [0.2, 0.25) is 0 Å². The highest BCUT2D eigenvalue weighted by molar-refractivity contribution is 5.67. The third-order valence-electron chi connectivity index (χ3n) is 8.09. The predicted molar refractivity (Wildman–Crippen MR) is 128 cm³/mol. The monoisotopic (exact) mass is 467 g/mol. The van der Waals surface area contributed by atoms with E-state index in [9.17, 15) is 4.79 Å². The molecule has 1 spiro atoms. The van der Waals surface area contributed by atoms with Gasteiger partial charge >= 0.3 is 6.09 Å². The van der Waals surface area contributed by atoms with Crippen molar-refractivity contribution in [2.45, 2.75) is 83.8 Å². The molecule has 2 aromatic rings. The molecule has 184 valence electrons. The third-order valence-corrected chi connectivity index (χ3v) is 8.09. The number of rotatable bonds is 8. The normalized spacial score (nSPS) is 21.2. The largest absolute Gasteiger partial charge is 0.488 e. The first kappa shape index (κ1) is 23.1. The Morgan fingerprint density at radius 1 is 1.21 bits per heavy atom. The first-order valence-corrected chi connectivity index (χ1v) is 12.9. The fraction of sp³-hybridized carbons (Fsp3) is 0.692. The summed E-state index contributed by atoms with van der Waals surface area (Å²) in [4.78, 5) is 19.0. The van der Waals surface area contributed by atoms with Crippen LogP contribution in [0.4, 0.5) is 4.79 Å². The maximum Gasteiger partial charge on any atom is 0.409 e. The molecule has 0 unspecified atom stereocenters. The van der Waals surface area contributed by atoms with Crippen molar-refractivity contribution in [1.82, 2.24) is 24.9 Å². The van der Waals surface area contributed by atoms with Crippen LogP contribution in [0.3, 0.4) is 0 Å². The predicted octanol–water partition coefficient (Wildman–Crippen LogP) is 4.91. The number of hydrogen-bond donors (Lipinski definition) is 0. The summed E-state index contributed by atoms with van der Waals surface area (Å²) < 4.78 is 13.7. The van der Waals surface area contributed by atoms with Crippen LogP contribution in [0.15, 0.2) is 12.1 Å². The summed E-state index contributed by atoms with van der Waals surface area (Å²) in [5.41, 5.74) is 3.46. The topological polar surface area (TPSA) is 82.4 Å². The van der Waals surface area contributed by atoms with Gasteiger partial charge < -0.3 is 14.4 Å². The minimum absolute atomic E-state index is 0.110. The molecule has 8 heteroatoms. The van der Waals surface area contributed by atoms with E-state index in [1.54, 1.807) is 16.6 Å². The zero-order valence-electron chi connectivity index (χ0n) is 20.8. The maximum atomic E-state index is 12.5. The lowest BCUT2D eigenvalue weighted by Gasteiger charge is -2.29. The quantitative estimate of drug-likeness (QED) is 0.549. The molecule has 3 aliphatic carbocycles. The van der Waals surface area contributed by atoms with Crippen molar-refractivity contribution < 1.29 is 14.3 Å². The second-order valence-corrected chi connectivity index (χ2v) is 10.5. The van der Waals surface area contributed by atoms with Gasteiger partial charge in [-0.3, -0.25) is 0 Å². The summed E-state index contributed by atoms with van der Waals surface area (Å²) in [5, 5.41) is 8.50. The van der Waals surface area contributed by atoms with E-state index in [1.807, 2.05) is 19.2 Å². The molecule has 2 aromatic heterocycles. The van der Waals surface area contributed by atoms with Crippen LogP contribution in [0, 0.1) is 11.3 Å². The molecule has 3 saturated carbocycles. The molecule has 2 heterocycles. The third kappa shape index (κ3) is 4.64. The van der Waals surface area contributed by atoms with E-state index < -0.39 is 0 Å². The molecule has 0 N–H and O–H groups in total. The van der Waals surface area contributed by atoms with Crippen LogP contribution in [0.5, 0.6) is 5.75 Å². The van der Waals surface area contributed by atoms with Crippen LogP contribution < -0.4 is 4.74 Å². The molecular formula is C26H37N5O3. The Kier molecular flexibility index (Phi) is 6.49. The van der Waals surface area contributed by atoms with Gasteiger partial charge in [-0.15, -0.1) is 5.10 Å². The van der Waals surface area contributed by atoms with Gasteiger partial charge in [0.15, 0.2) is 0 Å². The number of amides is 1. The van der Waals surface area contributed by atoms with Gasteiger partial charge in [-0.2, -0.15) is 0 Å². The van der Waals surface area contributed by atoms with Gasteiger partial charge in [0.1, 0.15) is 29.8 Å². The zero-order valence-corrected chi connectivity index (χ0v) is 20.8. The Labute approximate surface area is 202 Å². The molecule has 1 amide bonds. The zero-order chi connectivity index (χ0) is 23.7. The number of nitrogens with zero attached hydrogens (tertiary/aromatic N) is 5. The van der Waals surface area contributed by atoms with E-state index in [-0.39, 0.29) is 12.7 Å². The van der Waals surface area contributed by atoms with Crippen molar-refractivity contribution >= 4 is 6.09 Å². The number of pyridine rings is 1. The van der Waals surface area contributed by atoms with E-state index in [4.69, 9.17) is 14.5 Å². The number of aromatic nitrogens is 4. The standard InChI is InChI=1S/C26H37N5O3/c1-4-19-22(34-23-15-26(23)13-6-5-7-14-26)12-11-20(27-19)24-21(31(3)29-28-24)17-33-25(32)30(2)16-18-9-8-10-18/h11-12,18,23H,4-10,13-17H2,1-3H3/t23-/m0/s1. The molecule has 5 rings (SSSR count). The lowest BCUT2D eigenvalue weighted by Crippen LogP contribution is -2.34. The summed E-state index contributed by atoms with van der Waals surface area (Å²) >= 11 is 0. The molecule has 0 aliphatic heterocycles. The molecule has 3 aliphatic rings. The van der Waals surface area contributed by atoms with E-state index in [0.29, 0.717) is 23.1 Å². The van der Waals surface area contributed by atoms with E-state index in [1.165, 1.54) is 57.8 Å². The lowest BCUT2D eigenvalue weighted by molar-refractivity contribution is 0.0913. The molecule has 34 heavy (non-hydrogen) atoms. The Balaban J connectivity index is 1.26.